The number of esters is 1. The number of carbonyl (C=O) groups excluding carboxylic acids is 1. The van der Waals surface area contributed by atoms with Crippen molar-refractivity contribution in [2.45, 2.75) is 13.0 Å². The van der Waals surface area contributed by atoms with Gasteiger partial charge in [0.1, 0.15) is 6.61 Å². The molecule has 0 spiro atoms. The number of carbonyl (C=O) groups is 1. The lowest BCUT2D eigenvalue weighted by Gasteiger charge is -2.16. The molecular formula is C17H17BrO4. The smallest absolute Gasteiger partial charge is 0.310 e. The van der Waals surface area contributed by atoms with Crippen LogP contribution in [0.3, 0.4) is 0 Å². The number of hydrogen-bond acceptors (Lipinski definition) is 4. The molecule has 0 saturated heterocycles. The number of rotatable bonds is 6. The second-order valence-electron chi connectivity index (χ2n) is 4.58. The number of halogens is 1. The molecular weight excluding hydrogens is 348 g/mol. The summed E-state index contributed by atoms with van der Waals surface area (Å²) in [6.45, 7) is 0.391. The van der Waals surface area contributed by atoms with Gasteiger partial charge in [0.2, 0.25) is 0 Å². The summed E-state index contributed by atoms with van der Waals surface area (Å²) < 4.78 is 16.8. The van der Waals surface area contributed by atoms with Crippen LogP contribution in [0.2, 0.25) is 0 Å². The minimum atomic E-state index is -0.335. The van der Waals surface area contributed by atoms with Crippen LogP contribution in [0.1, 0.15) is 11.1 Å². The SMILES string of the molecule is COC(=O)Cc1c(Br)ccc(OC)c1OCc1ccccc1. The molecule has 0 fully saturated rings. The van der Waals surface area contributed by atoms with Crippen LogP contribution in [0, 0.1) is 0 Å². The number of hydrogen-bond donors (Lipinski definition) is 0. The Morgan fingerprint density at radius 1 is 1.09 bits per heavy atom. The summed E-state index contributed by atoms with van der Waals surface area (Å²) in [5, 5.41) is 0. The fourth-order valence-corrected chi connectivity index (χ4v) is 2.46. The first kappa shape index (κ1) is 16.4. The quantitative estimate of drug-likeness (QED) is 0.732. The van der Waals surface area contributed by atoms with E-state index in [1.807, 2.05) is 36.4 Å². The van der Waals surface area contributed by atoms with Crippen molar-refractivity contribution in [2.24, 2.45) is 0 Å². The predicted octanol–water partition coefficient (Wildman–Crippen LogP) is 3.75. The molecule has 0 aliphatic rings. The zero-order valence-corrected chi connectivity index (χ0v) is 14.1. The minimum Gasteiger partial charge on any atom is -0.493 e. The van der Waals surface area contributed by atoms with Crippen molar-refractivity contribution in [3.8, 4) is 11.5 Å². The monoisotopic (exact) mass is 364 g/mol. The highest BCUT2D eigenvalue weighted by Gasteiger charge is 2.18. The van der Waals surface area contributed by atoms with Crippen molar-refractivity contribution in [1.29, 1.82) is 0 Å². The molecule has 0 aliphatic heterocycles. The highest BCUT2D eigenvalue weighted by atomic mass is 79.9. The van der Waals surface area contributed by atoms with Gasteiger partial charge in [-0.3, -0.25) is 4.79 Å². The highest BCUT2D eigenvalue weighted by Crippen LogP contribution is 2.37. The van der Waals surface area contributed by atoms with Gasteiger partial charge >= 0.3 is 5.97 Å². The summed E-state index contributed by atoms with van der Waals surface area (Å²) in [6.07, 6.45) is 0.110. The molecule has 0 radical (unpaired) electrons. The van der Waals surface area contributed by atoms with Crippen LogP contribution in [0.5, 0.6) is 11.5 Å². The van der Waals surface area contributed by atoms with Gasteiger partial charge in [0.25, 0.3) is 0 Å². The van der Waals surface area contributed by atoms with Crippen LogP contribution in [0.25, 0.3) is 0 Å². The van der Waals surface area contributed by atoms with E-state index in [0.717, 1.165) is 10.0 Å². The maximum atomic E-state index is 11.6. The first-order valence-electron chi connectivity index (χ1n) is 6.74. The molecule has 0 atom stereocenters. The molecule has 0 aromatic heterocycles. The Morgan fingerprint density at radius 2 is 1.82 bits per heavy atom. The lowest BCUT2D eigenvalue weighted by atomic mass is 10.1. The number of methoxy groups -OCH3 is 2. The van der Waals surface area contributed by atoms with E-state index in [1.165, 1.54) is 7.11 Å². The van der Waals surface area contributed by atoms with Crippen molar-refractivity contribution in [3.63, 3.8) is 0 Å². The van der Waals surface area contributed by atoms with Crippen molar-refractivity contribution < 1.29 is 19.0 Å². The first-order valence-corrected chi connectivity index (χ1v) is 7.54. The van der Waals surface area contributed by atoms with Gasteiger partial charge in [0, 0.05) is 10.0 Å². The number of benzene rings is 2. The third-order valence-corrected chi connectivity index (χ3v) is 3.90. The topological polar surface area (TPSA) is 44.8 Å². The molecule has 2 aromatic rings. The molecule has 22 heavy (non-hydrogen) atoms. The van der Waals surface area contributed by atoms with Gasteiger partial charge in [-0.25, -0.2) is 0 Å². The van der Waals surface area contributed by atoms with Crippen molar-refractivity contribution in [3.05, 3.63) is 58.1 Å². The standard InChI is InChI=1S/C17H17BrO4/c1-20-15-9-8-14(18)13(10-16(19)21-2)17(15)22-11-12-6-4-3-5-7-12/h3-9H,10-11H2,1-2H3. The summed E-state index contributed by atoms with van der Waals surface area (Å²) in [4.78, 5) is 11.6. The van der Waals surface area contributed by atoms with E-state index in [2.05, 4.69) is 15.9 Å². The van der Waals surface area contributed by atoms with Crippen molar-refractivity contribution in [2.75, 3.05) is 14.2 Å². The highest BCUT2D eigenvalue weighted by molar-refractivity contribution is 9.10. The van der Waals surface area contributed by atoms with E-state index < -0.39 is 0 Å². The summed E-state index contributed by atoms with van der Waals surface area (Å²) >= 11 is 3.45. The molecule has 5 heteroatoms. The van der Waals surface area contributed by atoms with E-state index >= 15 is 0 Å². The molecule has 116 valence electrons. The molecule has 2 aromatic carbocycles. The molecule has 2 rings (SSSR count). The fraction of sp³-hybridized carbons (Fsp3) is 0.235. The lowest BCUT2D eigenvalue weighted by Crippen LogP contribution is -2.08. The molecule has 0 N–H and O–H groups in total. The van der Waals surface area contributed by atoms with Crippen LogP contribution < -0.4 is 9.47 Å². The molecule has 0 saturated carbocycles. The van der Waals surface area contributed by atoms with Crippen molar-refractivity contribution >= 4 is 21.9 Å². The minimum absolute atomic E-state index is 0.110. The second kappa shape index (κ2) is 7.84. The van der Waals surface area contributed by atoms with Gasteiger partial charge in [0.05, 0.1) is 20.6 Å². The van der Waals surface area contributed by atoms with E-state index in [9.17, 15) is 4.79 Å². The third-order valence-electron chi connectivity index (χ3n) is 3.16. The van der Waals surface area contributed by atoms with Gasteiger partial charge < -0.3 is 14.2 Å². The maximum Gasteiger partial charge on any atom is 0.310 e. The Hall–Kier alpha value is -2.01. The summed E-state index contributed by atoms with van der Waals surface area (Å²) in [5.41, 5.74) is 1.75. The van der Waals surface area contributed by atoms with Gasteiger partial charge in [0.15, 0.2) is 11.5 Å². The average Bonchev–Trinajstić information content (AvgIpc) is 2.56. The Bertz CT molecular complexity index is 641. The van der Waals surface area contributed by atoms with Gasteiger partial charge in [-0.15, -0.1) is 0 Å². The number of ether oxygens (including phenoxy) is 3. The summed E-state index contributed by atoms with van der Waals surface area (Å²) in [7, 11) is 2.93. The van der Waals surface area contributed by atoms with E-state index in [-0.39, 0.29) is 12.4 Å². The fourth-order valence-electron chi connectivity index (χ4n) is 2.01. The van der Waals surface area contributed by atoms with Crippen LogP contribution >= 0.6 is 15.9 Å². The van der Waals surface area contributed by atoms with Gasteiger partial charge in [-0.1, -0.05) is 46.3 Å². The Kier molecular flexibility index (Phi) is 5.83. The van der Waals surface area contributed by atoms with E-state index in [0.29, 0.717) is 23.7 Å². The van der Waals surface area contributed by atoms with Gasteiger partial charge in [-0.05, 0) is 17.7 Å². The Labute approximate surface area is 138 Å². The predicted molar refractivity (Wildman–Crippen MR) is 87.2 cm³/mol. The van der Waals surface area contributed by atoms with Crippen LogP contribution in [-0.2, 0) is 22.6 Å². The zero-order valence-electron chi connectivity index (χ0n) is 12.5. The molecule has 0 aliphatic carbocycles. The van der Waals surface area contributed by atoms with E-state index in [1.54, 1.807) is 13.2 Å². The lowest BCUT2D eigenvalue weighted by molar-refractivity contribution is -0.139. The average molecular weight is 365 g/mol. The zero-order chi connectivity index (χ0) is 15.9. The van der Waals surface area contributed by atoms with Gasteiger partial charge in [-0.2, -0.15) is 0 Å². The maximum absolute atomic E-state index is 11.6. The summed E-state index contributed by atoms with van der Waals surface area (Å²) in [6, 6.07) is 13.4. The summed E-state index contributed by atoms with van der Waals surface area (Å²) in [5.74, 6) is 0.794. The Morgan fingerprint density at radius 3 is 2.45 bits per heavy atom. The molecule has 4 nitrogen and oxygen atoms in total. The van der Waals surface area contributed by atoms with Crippen LogP contribution in [0.15, 0.2) is 46.9 Å². The Balaban J connectivity index is 2.30. The normalized spacial score (nSPS) is 10.1. The van der Waals surface area contributed by atoms with E-state index in [4.69, 9.17) is 14.2 Å². The molecule has 0 unspecified atom stereocenters. The largest absolute Gasteiger partial charge is 0.493 e. The van der Waals surface area contributed by atoms with Crippen molar-refractivity contribution in [1.82, 2.24) is 0 Å². The second-order valence-corrected chi connectivity index (χ2v) is 5.44. The molecule has 0 bridgehead atoms. The molecule has 0 heterocycles. The van der Waals surface area contributed by atoms with Crippen LogP contribution in [0.4, 0.5) is 0 Å². The first-order chi connectivity index (χ1) is 10.7. The molecule has 0 amide bonds. The van der Waals surface area contributed by atoms with Crippen LogP contribution in [-0.4, -0.2) is 20.2 Å². The third kappa shape index (κ3) is 4.01.